The van der Waals surface area contributed by atoms with Crippen molar-refractivity contribution in [2.45, 2.75) is 31.5 Å². The van der Waals surface area contributed by atoms with Crippen molar-refractivity contribution >= 4 is 5.78 Å². The fourth-order valence-electron chi connectivity index (χ4n) is 2.77. The largest absolute Gasteiger partial charge is 0.290 e. The third kappa shape index (κ3) is 2.05. The molecule has 0 radical (unpaired) electrons. The predicted molar refractivity (Wildman–Crippen MR) is 70.1 cm³/mol. The van der Waals surface area contributed by atoms with E-state index in [9.17, 15) is 13.6 Å². The zero-order valence-electron chi connectivity index (χ0n) is 11.2. The molecule has 4 nitrogen and oxygen atoms in total. The van der Waals surface area contributed by atoms with Gasteiger partial charge in [0, 0.05) is 12.3 Å². The maximum Gasteiger partial charge on any atom is 0.217 e. The minimum absolute atomic E-state index is 0.00968. The molecule has 2 aromatic rings. The van der Waals surface area contributed by atoms with Crippen LogP contribution in [-0.2, 0) is 0 Å². The van der Waals surface area contributed by atoms with Crippen LogP contribution in [0.4, 0.5) is 8.78 Å². The number of rotatable bonds is 3. The zero-order valence-corrected chi connectivity index (χ0v) is 11.2. The number of alkyl halides is 1. The lowest BCUT2D eigenvalue weighted by atomic mass is 10.0. The summed E-state index contributed by atoms with van der Waals surface area (Å²) in [5.74, 6) is -0.107. The van der Waals surface area contributed by atoms with Crippen molar-refractivity contribution in [3.05, 3.63) is 47.3 Å². The van der Waals surface area contributed by atoms with Crippen LogP contribution < -0.4 is 0 Å². The Bertz CT molecular complexity index is 706. The van der Waals surface area contributed by atoms with Gasteiger partial charge >= 0.3 is 0 Å². The highest BCUT2D eigenvalue weighted by Crippen LogP contribution is 2.40. The van der Waals surface area contributed by atoms with Gasteiger partial charge in [-0.05, 0) is 30.5 Å². The van der Waals surface area contributed by atoms with Gasteiger partial charge in [0.15, 0.2) is 12.0 Å². The molecule has 2 aliphatic rings. The summed E-state index contributed by atoms with van der Waals surface area (Å²) >= 11 is 0. The molecule has 1 aromatic carbocycles. The van der Waals surface area contributed by atoms with Crippen LogP contribution in [0.5, 0.6) is 0 Å². The molecule has 108 valence electrons. The standard InChI is InChI=1S/C15H13F2N3O/c16-10-5-3-8(4-6-10)12-7-11(17)15-18-14(19-20(12)15)13(21)9-1-2-9/h3-6,9,11-12H,1-2,7H2/t11-,12-/m0/s1. The van der Waals surface area contributed by atoms with E-state index >= 15 is 0 Å². The minimum Gasteiger partial charge on any atom is -0.290 e. The van der Waals surface area contributed by atoms with Gasteiger partial charge in [0.25, 0.3) is 0 Å². The quantitative estimate of drug-likeness (QED) is 0.816. The third-order valence-corrected chi connectivity index (χ3v) is 4.09. The number of hydrogen-bond donors (Lipinski definition) is 0. The van der Waals surface area contributed by atoms with Crippen molar-refractivity contribution in [1.29, 1.82) is 0 Å². The normalized spacial score (nSPS) is 24.1. The van der Waals surface area contributed by atoms with Gasteiger partial charge in [0.2, 0.25) is 11.6 Å². The SMILES string of the molecule is O=C(c1nc2n(n1)[C@H](c1ccc(F)cc1)C[C@@H]2F)C1CC1. The zero-order chi connectivity index (χ0) is 14.6. The first kappa shape index (κ1) is 12.6. The van der Waals surface area contributed by atoms with E-state index in [4.69, 9.17) is 0 Å². The highest BCUT2D eigenvalue weighted by Gasteiger charge is 2.39. The molecule has 4 rings (SSSR count). The van der Waals surface area contributed by atoms with E-state index in [2.05, 4.69) is 10.1 Å². The molecule has 1 fully saturated rings. The molecule has 0 amide bonds. The van der Waals surface area contributed by atoms with Gasteiger partial charge in [-0.25, -0.2) is 18.4 Å². The highest BCUT2D eigenvalue weighted by atomic mass is 19.1. The molecular formula is C15H13F2N3O. The van der Waals surface area contributed by atoms with E-state index in [1.54, 1.807) is 12.1 Å². The fraction of sp³-hybridized carbons (Fsp3) is 0.400. The Labute approximate surface area is 119 Å². The molecule has 1 aromatic heterocycles. The van der Waals surface area contributed by atoms with Crippen molar-refractivity contribution in [3.8, 4) is 0 Å². The molecule has 0 bridgehead atoms. The van der Waals surface area contributed by atoms with Crippen LogP contribution in [0.15, 0.2) is 24.3 Å². The molecule has 2 heterocycles. The number of aromatic nitrogens is 3. The Balaban J connectivity index is 1.71. The summed E-state index contributed by atoms with van der Waals surface area (Å²) in [4.78, 5) is 16.1. The molecule has 1 aliphatic carbocycles. The second-order valence-corrected chi connectivity index (χ2v) is 5.65. The Kier molecular flexibility index (Phi) is 2.67. The summed E-state index contributed by atoms with van der Waals surface area (Å²) < 4.78 is 28.6. The Morgan fingerprint density at radius 1 is 1.24 bits per heavy atom. The second-order valence-electron chi connectivity index (χ2n) is 5.65. The third-order valence-electron chi connectivity index (χ3n) is 4.09. The molecular weight excluding hydrogens is 276 g/mol. The number of carbonyl (C=O) groups excluding carboxylic acids is 1. The summed E-state index contributed by atoms with van der Waals surface area (Å²) in [5.41, 5.74) is 0.771. The Morgan fingerprint density at radius 3 is 2.62 bits per heavy atom. The van der Waals surface area contributed by atoms with Crippen LogP contribution in [0, 0.1) is 11.7 Å². The summed E-state index contributed by atoms with van der Waals surface area (Å²) in [5, 5.41) is 4.20. The second kappa shape index (κ2) is 4.44. The van der Waals surface area contributed by atoms with Crippen LogP contribution in [0.1, 0.15) is 53.5 Å². The highest BCUT2D eigenvalue weighted by molar-refractivity contribution is 5.95. The van der Waals surface area contributed by atoms with Crippen LogP contribution >= 0.6 is 0 Å². The lowest BCUT2D eigenvalue weighted by Gasteiger charge is -2.11. The van der Waals surface area contributed by atoms with Gasteiger partial charge in [-0.3, -0.25) is 4.79 Å². The molecule has 0 N–H and O–H groups in total. The minimum atomic E-state index is -1.24. The number of benzene rings is 1. The van der Waals surface area contributed by atoms with Crippen molar-refractivity contribution in [1.82, 2.24) is 14.8 Å². The van der Waals surface area contributed by atoms with E-state index < -0.39 is 6.17 Å². The molecule has 0 saturated heterocycles. The Hall–Kier alpha value is -2.11. The molecule has 1 saturated carbocycles. The van der Waals surface area contributed by atoms with Gasteiger partial charge < -0.3 is 0 Å². The van der Waals surface area contributed by atoms with Crippen LogP contribution in [0.3, 0.4) is 0 Å². The van der Waals surface area contributed by atoms with Crippen molar-refractivity contribution in [2.75, 3.05) is 0 Å². The maximum atomic E-state index is 14.1. The van der Waals surface area contributed by atoms with Gasteiger partial charge in [-0.15, -0.1) is 5.10 Å². The average molecular weight is 289 g/mol. The van der Waals surface area contributed by atoms with Crippen molar-refractivity contribution in [2.24, 2.45) is 5.92 Å². The van der Waals surface area contributed by atoms with E-state index in [0.29, 0.717) is 0 Å². The van der Waals surface area contributed by atoms with Gasteiger partial charge in [0.1, 0.15) is 5.82 Å². The number of Topliss-reactive ketones (excluding diaryl/α,β-unsaturated/α-hetero) is 1. The lowest BCUT2D eigenvalue weighted by Crippen LogP contribution is -2.10. The molecule has 0 unspecified atom stereocenters. The van der Waals surface area contributed by atoms with E-state index in [0.717, 1.165) is 18.4 Å². The predicted octanol–water partition coefficient (Wildman–Crippen LogP) is 3.01. The number of halogens is 2. The van der Waals surface area contributed by atoms with Crippen LogP contribution in [-0.4, -0.2) is 20.5 Å². The fourth-order valence-corrected chi connectivity index (χ4v) is 2.77. The topological polar surface area (TPSA) is 47.8 Å². The van der Waals surface area contributed by atoms with E-state index in [-0.39, 0.29) is 41.6 Å². The van der Waals surface area contributed by atoms with Crippen molar-refractivity contribution < 1.29 is 13.6 Å². The first-order valence-corrected chi connectivity index (χ1v) is 7.03. The smallest absolute Gasteiger partial charge is 0.217 e. The number of fused-ring (bicyclic) bond motifs is 1. The van der Waals surface area contributed by atoms with Gasteiger partial charge in [-0.2, -0.15) is 0 Å². The molecule has 1 aliphatic heterocycles. The summed E-state index contributed by atoms with van der Waals surface area (Å²) in [6, 6.07) is 5.59. The van der Waals surface area contributed by atoms with E-state index in [1.807, 2.05) is 0 Å². The number of nitrogens with zero attached hydrogens (tertiary/aromatic N) is 3. The number of carbonyl (C=O) groups is 1. The Morgan fingerprint density at radius 2 is 1.95 bits per heavy atom. The van der Waals surface area contributed by atoms with Crippen LogP contribution in [0.25, 0.3) is 0 Å². The molecule has 21 heavy (non-hydrogen) atoms. The number of hydrogen-bond acceptors (Lipinski definition) is 3. The van der Waals surface area contributed by atoms with Crippen molar-refractivity contribution in [3.63, 3.8) is 0 Å². The molecule has 2 atom stereocenters. The van der Waals surface area contributed by atoms with Gasteiger partial charge in [0.05, 0.1) is 6.04 Å². The molecule has 6 heteroatoms. The first-order chi connectivity index (χ1) is 10.1. The average Bonchev–Trinajstić information content (AvgIpc) is 3.16. The van der Waals surface area contributed by atoms with Crippen LogP contribution in [0.2, 0.25) is 0 Å². The maximum absolute atomic E-state index is 14.1. The van der Waals surface area contributed by atoms with Gasteiger partial charge in [-0.1, -0.05) is 12.1 Å². The summed E-state index contributed by atoms with van der Waals surface area (Å²) in [6.45, 7) is 0. The molecule has 0 spiro atoms. The monoisotopic (exact) mass is 289 g/mol. The summed E-state index contributed by atoms with van der Waals surface area (Å²) in [6.07, 6.45) is 0.707. The number of ketones is 1. The first-order valence-electron chi connectivity index (χ1n) is 7.03. The lowest BCUT2D eigenvalue weighted by molar-refractivity contribution is 0.0956. The summed E-state index contributed by atoms with van der Waals surface area (Å²) in [7, 11) is 0. The van der Waals surface area contributed by atoms with E-state index in [1.165, 1.54) is 16.8 Å².